The predicted octanol–water partition coefficient (Wildman–Crippen LogP) is 1.68. The van der Waals surface area contributed by atoms with Crippen LogP contribution in [0, 0.1) is 10.1 Å². The fraction of sp³-hybridized carbons (Fsp3) is 0.111. The second kappa shape index (κ2) is 4.94. The number of benzene rings is 1. The first kappa shape index (κ1) is 12.8. The van der Waals surface area contributed by atoms with Gasteiger partial charge in [-0.3, -0.25) is 18.9 Å². The first-order valence-corrected chi connectivity index (χ1v) is 7.03. The summed E-state index contributed by atoms with van der Waals surface area (Å²) in [5.41, 5.74) is 0.161. The third-order valence-electron chi connectivity index (χ3n) is 2.17. The molecule has 9 heteroatoms. The molecule has 0 aliphatic heterocycles. The van der Waals surface area contributed by atoms with Gasteiger partial charge in [-0.25, -0.2) is 0 Å². The summed E-state index contributed by atoms with van der Waals surface area (Å²) < 4.78 is 13.4. The lowest BCUT2D eigenvalue weighted by atomic mass is 10.2. The molecule has 2 rings (SSSR count). The van der Waals surface area contributed by atoms with Crippen molar-refractivity contribution < 1.29 is 9.13 Å². The molecule has 0 aliphatic rings. The largest absolute Gasteiger partial charge is 0.294 e. The van der Waals surface area contributed by atoms with E-state index in [9.17, 15) is 14.3 Å². The zero-order valence-electron chi connectivity index (χ0n) is 9.11. The van der Waals surface area contributed by atoms with Crippen LogP contribution < -0.4 is 0 Å². The van der Waals surface area contributed by atoms with E-state index in [-0.39, 0.29) is 16.5 Å². The van der Waals surface area contributed by atoms with Crippen LogP contribution in [0.3, 0.4) is 0 Å². The molecule has 18 heavy (non-hydrogen) atoms. The van der Waals surface area contributed by atoms with E-state index in [4.69, 9.17) is 0 Å². The van der Waals surface area contributed by atoms with Crippen LogP contribution in [0.2, 0.25) is 0 Å². The Morgan fingerprint density at radius 3 is 2.83 bits per heavy atom. The van der Waals surface area contributed by atoms with Gasteiger partial charge in [0.25, 0.3) is 5.69 Å². The van der Waals surface area contributed by atoms with E-state index in [0.717, 1.165) is 0 Å². The number of aromatic nitrogens is 3. The van der Waals surface area contributed by atoms with E-state index in [1.807, 2.05) is 0 Å². The van der Waals surface area contributed by atoms with Crippen molar-refractivity contribution in [1.82, 2.24) is 14.8 Å². The van der Waals surface area contributed by atoms with Crippen molar-refractivity contribution in [3.63, 3.8) is 0 Å². The number of nitro groups is 1. The maximum Gasteiger partial charge on any atom is 0.294 e. The lowest BCUT2D eigenvalue weighted by molar-refractivity contribution is -0.384. The SMILES string of the molecule is C[S@](=O)c1nncn1-c1ccc(Br)cc1[N+](=O)[O-]. The van der Waals surface area contributed by atoms with E-state index in [0.29, 0.717) is 4.47 Å². The molecule has 2 aromatic rings. The second-order valence-electron chi connectivity index (χ2n) is 3.33. The summed E-state index contributed by atoms with van der Waals surface area (Å²) in [4.78, 5) is 10.5. The molecular weight excluding hydrogens is 324 g/mol. The average molecular weight is 331 g/mol. The van der Waals surface area contributed by atoms with Crippen molar-refractivity contribution >= 4 is 32.4 Å². The number of nitro benzene ring substituents is 1. The lowest BCUT2D eigenvalue weighted by Gasteiger charge is -2.05. The summed E-state index contributed by atoms with van der Waals surface area (Å²) in [5, 5.41) is 18.5. The van der Waals surface area contributed by atoms with E-state index in [1.165, 1.54) is 23.2 Å². The molecule has 1 aromatic heterocycles. The fourth-order valence-corrected chi connectivity index (χ4v) is 2.37. The maximum absolute atomic E-state index is 11.5. The molecule has 0 amide bonds. The van der Waals surface area contributed by atoms with Crippen LogP contribution in [0.4, 0.5) is 5.69 Å². The molecular formula is C9H7BrN4O3S. The molecule has 1 atom stereocenters. The predicted molar refractivity (Wildman–Crippen MR) is 68.0 cm³/mol. The third-order valence-corrected chi connectivity index (χ3v) is 3.45. The highest BCUT2D eigenvalue weighted by Crippen LogP contribution is 2.27. The first-order valence-electron chi connectivity index (χ1n) is 4.68. The normalized spacial score (nSPS) is 12.3. The van der Waals surface area contributed by atoms with E-state index >= 15 is 0 Å². The van der Waals surface area contributed by atoms with Crippen LogP contribution in [0.25, 0.3) is 5.69 Å². The minimum Gasteiger partial charge on any atom is -0.268 e. The molecule has 0 saturated heterocycles. The van der Waals surface area contributed by atoms with Gasteiger partial charge < -0.3 is 0 Å². The summed E-state index contributed by atoms with van der Waals surface area (Å²) in [6.45, 7) is 0. The summed E-state index contributed by atoms with van der Waals surface area (Å²) in [5.74, 6) is 0. The van der Waals surface area contributed by atoms with Crippen LogP contribution in [-0.4, -0.2) is 30.2 Å². The van der Waals surface area contributed by atoms with Crippen molar-refractivity contribution in [1.29, 1.82) is 0 Å². The zero-order valence-corrected chi connectivity index (χ0v) is 11.5. The van der Waals surface area contributed by atoms with Crippen LogP contribution in [-0.2, 0) is 10.8 Å². The number of halogens is 1. The Bertz CT molecular complexity index is 642. The van der Waals surface area contributed by atoms with Crippen molar-refractivity contribution in [2.75, 3.05) is 6.26 Å². The molecule has 0 N–H and O–H groups in total. The topological polar surface area (TPSA) is 90.9 Å². The van der Waals surface area contributed by atoms with Gasteiger partial charge in [0.15, 0.2) is 0 Å². The molecule has 0 bridgehead atoms. The van der Waals surface area contributed by atoms with Gasteiger partial charge >= 0.3 is 0 Å². The van der Waals surface area contributed by atoms with Gasteiger partial charge in [0.1, 0.15) is 12.0 Å². The Morgan fingerprint density at radius 2 is 2.22 bits per heavy atom. The zero-order chi connectivity index (χ0) is 13.3. The Balaban J connectivity index is 2.67. The molecule has 0 spiro atoms. The molecule has 0 saturated carbocycles. The Kier molecular flexibility index (Phi) is 3.53. The van der Waals surface area contributed by atoms with Gasteiger partial charge in [-0.05, 0) is 12.1 Å². The van der Waals surface area contributed by atoms with Crippen LogP contribution in [0.15, 0.2) is 34.2 Å². The summed E-state index contributed by atoms with van der Waals surface area (Å²) in [6.07, 6.45) is 2.73. The van der Waals surface area contributed by atoms with Gasteiger partial charge in [0.2, 0.25) is 5.16 Å². The fourth-order valence-electron chi connectivity index (χ4n) is 1.43. The molecule has 0 unspecified atom stereocenters. The standard InChI is InChI=1S/C9H7BrN4O3S/c1-18(17)9-12-11-5-13(9)7-3-2-6(10)4-8(7)14(15)16/h2-5H,1H3/t18-/m0/s1. The van der Waals surface area contributed by atoms with Gasteiger partial charge in [-0.15, -0.1) is 10.2 Å². The van der Waals surface area contributed by atoms with Crippen LogP contribution >= 0.6 is 15.9 Å². The van der Waals surface area contributed by atoms with Gasteiger partial charge in [0, 0.05) is 16.8 Å². The average Bonchev–Trinajstić information content (AvgIpc) is 2.77. The van der Waals surface area contributed by atoms with Gasteiger partial charge in [0.05, 0.1) is 15.7 Å². The quantitative estimate of drug-likeness (QED) is 0.630. The number of nitrogens with zero attached hydrogens (tertiary/aromatic N) is 4. The number of hydrogen-bond acceptors (Lipinski definition) is 5. The van der Waals surface area contributed by atoms with Crippen molar-refractivity contribution in [2.24, 2.45) is 0 Å². The Morgan fingerprint density at radius 1 is 1.50 bits per heavy atom. The highest BCUT2D eigenvalue weighted by molar-refractivity contribution is 9.10. The molecule has 0 radical (unpaired) electrons. The van der Waals surface area contributed by atoms with Crippen molar-refractivity contribution in [3.05, 3.63) is 39.1 Å². The van der Waals surface area contributed by atoms with E-state index in [1.54, 1.807) is 12.1 Å². The summed E-state index contributed by atoms with van der Waals surface area (Å²) >= 11 is 3.17. The third kappa shape index (κ3) is 2.31. The summed E-state index contributed by atoms with van der Waals surface area (Å²) in [6, 6.07) is 4.57. The molecule has 7 nitrogen and oxygen atoms in total. The van der Waals surface area contributed by atoms with E-state index < -0.39 is 15.7 Å². The molecule has 0 aliphatic carbocycles. The Hall–Kier alpha value is -1.61. The van der Waals surface area contributed by atoms with Crippen LogP contribution in [0.5, 0.6) is 0 Å². The maximum atomic E-state index is 11.5. The Labute approximate surface area is 113 Å². The molecule has 0 fully saturated rings. The smallest absolute Gasteiger partial charge is 0.268 e. The molecule has 1 heterocycles. The van der Waals surface area contributed by atoms with Gasteiger partial charge in [-0.2, -0.15) is 0 Å². The molecule has 1 aromatic carbocycles. The van der Waals surface area contributed by atoms with Crippen LogP contribution in [0.1, 0.15) is 0 Å². The van der Waals surface area contributed by atoms with Gasteiger partial charge in [-0.1, -0.05) is 15.9 Å². The lowest BCUT2D eigenvalue weighted by Crippen LogP contribution is -2.04. The second-order valence-corrected chi connectivity index (χ2v) is 5.52. The minimum absolute atomic E-state index is 0.115. The first-order chi connectivity index (χ1) is 8.50. The molecule has 94 valence electrons. The summed E-state index contributed by atoms with van der Waals surface area (Å²) in [7, 11) is -1.38. The number of hydrogen-bond donors (Lipinski definition) is 0. The number of rotatable bonds is 3. The van der Waals surface area contributed by atoms with Crippen molar-refractivity contribution in [3.8, 4) is 5.69 Å². The highest BCUT2D eigenvalue weighted by atomic mass is 79.9. The monoisotopic (exact) mass is 330 g/mol. The highest BCUT2D eigenvalue weighted by Gasteiger charge is 2.19. The minimum atomic E-state index is -1.38. The van der Waals surface area contributed by atoms with Crippen molar-refractivity contribution in [2.45, 2.75) is 5.16 Å². The van der Waals surface area contributed by atoms with E-state index in [2.05, 4.69) is 26.1 Å².